The number of thiophene rings is 1. The summed E-state index contributed by atoms with van der Waals surface area (Å²) >= 11 is 1.60. The Morgan fingerprint density at radius 2 is 1.48 bits per heavy atom. The minimum atomic E-state index is -3.29. The fraction of sp³-hybridized carbons (Fsp3) is 0.278. The molecule has 0 atom stereocenters. The molecule has 1 aromatic heterocycles. The summed E-state index contributed by atoms with van der Waals surface area (Å²) in [5, 5.41) is 0.962. The van der Waals surface area contributed by atoms with E-state index in [1.54, 1.807) is 30.4 Å². The Morgan fingerprint density at radius 1 is 0.773 bits per heavy atom. The maximum Gasteiger partial charge on any atom is 0.178 e. The molecule has 6 rings (SSSR count). The molecule has 1 saturated heterocycles. The standard InChI is InChI=1S/C36H37NO5S2/c1-2-44(38,39)32-18-11-28(12-19-32)36-35(33-20-17-31(25-34(33)43-36)41-26-27-9-5-3-6-10-27)42-30-15-13-29(14-16-30)40-24-23-37-21-7-4-8-22-37/h3,5-6,9-20,25H,2,4,7-8,21-24,26H2,1H3. The van der Waals surface area contributed by atoms with E-state index < -0.39 is 9.84 Å². The van der Waals surface area contributed by atoms with Crippen molar-refractivity contribution < 1.29 is 22.6 Å². The molecule has 0 radical (unpaired) electrons. The summed E-state index contributed by atoms with van der Waals surface area (Å²) in [5.41, 5.74) is 1.99. The van der Waals surface area contributed by atoms with Gasteiger partial charge in [0.2, 0.25) is 0 Å². The second-order valence-electron chi connectivity index (χ2n) is 10.9. The highest BCUT2D eigenvalue weighted by Gasteiger charge is 2.19. The van der Waals surface area contributed by atoms with Crippen LogP contribution in [0.15, 0.2) is 102 Å². The van der Waals surface area contributed by atoms with Gasteiger partial charge in [-0.15, -0.1) is 11.3 Å². The molecule has 44 heavy (non-hydrogen) atoms. The van der Waals surface area contributed by atoms with Crippen LogP contribution >= 0.6 is 11.3 Å². The third-order valence-corrected chi connectivity index (χ3v) is 10.8. The van der Waals surface area contributed by atoms with Gasteiger partial charge in [0.1, 0.15) is 30.5 Å². The minimum absolute atomic E-state index is 0.0628. The van der Waals surface area contributed by atoms with Gasteiger partial charge in [0.15, 0.2) is 15.6 Å². The zero-order chi connectivity index (χ0) is 30.4. The van der Waals surface area contributed by atoms with Crippen LogP contribution in [0.2, 0.25) is 0 Å². The van der Waals surface area contributed by atoms with Gasteiger partial charge in [-0.05, 0) is 91.7 Å². The number of hydrogen-bond acceptors (Lipinski definition) is 7. The van der Waals surface area contributed by atoms with E-state index in [1.807, 2.05) is 84.9 Å². The molecule has 8 heteroatoms. The number of ether oxygens (including phenoxy) is 3. The van der Waals surface area contributed by atoms with Crippen molar-refractivity contribution >= 4 is 31.3 Å². The van der Waals surface area contributed by atoms with Crippen molar-refractivity contribution in [2.24, 2.45) is 0 Å². The number of rotatable bonds is 12. The fourth-order valence-corrected chi connectivity index (χ4v) is 7.40. The monoisotopic (exact) mass is 627 g/mol. The number of likely N-dealkylation sites (tertiary alicyclic amines) is 1. The zero-order valence-corrected chi connectivity index (χ0v) is 26.5. The highest BCUT2D eigenvalue weighted by atomic mass is 32.2. The lowest BCUT2D eigenvalue weighted by atomic mass is 10.1. The summed E-state index contributed by atoms with van der Waals surface area (Å²) in [6.45, 7) is 6.06. The van der Waals surface area contributed by atoms with Gasteiger partial charge in [0.25, 0.3) is 0 Å². The Balaban J connectivity index is 1.24. The second kappa shape index (κ2) is 13.8. The summed E-state index contributed by atoms with van der Waals surface area (Å²) in [6, 6.07) is 30.9. The summed E-state index contributed by atoms with van der Waals surface area (Å²) < 4.78 is 44.5. The molecule has 0 N–H and O–H groups in total. The molecule has 2 heterocycles. The van der Waals surface area contributed by atoms with E-state index in [-0.39, 0.29) is 5.75 Å². The highest BCUT2D eigenvalue weighted by molar-refractivity contribution is 7.91. The molecule has 6 nitrogen and oxygen atoms in total. The van der Waals surface area contributed by atoms with Crippen molar-refractivity contribution in [3.05, 3.63) is 103 Å². The molecule has 0 amide bonds. The summed E-state index contributed by atoms with van der Waals surface area (Å²) in [7, 11) is -3.29. The molecular formula is C36H37NO5S2. The van der Waals surface area contributed by atoms with E-state index in [1.165, 1.54) is 19.3 Å². The van der Waals surface area contributed by atoms with E-state index >= 15 is 0 Å². The Kier molecular flexibility index (Phi) is 9.50. The third-order valence-electron chi connectivity index (χ3n) is 7.89. The Labute approximate surface area is 263 Å². The Morgan fingerprint density at radius 3 is 2.20 bits per heavy atom. The number of benzene rings is 4. The quantitative estimate of drug-likeness (QED) is 0.138. The molecule has 0 spiro atoms. The van der Waals surface area contributed by atoms with Crippen LogP contribution in [0.25, 0.3) is 20.5 Å². The lowest BCUT2D eigenvalue weighted by Crippen LogP contribution is -2.33. The van der Waals surface area contributed by atoms with Gasteiger partial charge in [0, 0.05) is 16.6 Å². The van der Waals surface area contributed by atoms with Crippen LogP contribution in [-0.4, -0.2) is 45.3 Å². The fourth-order valence-electron chi connectivity index (χ4n) is 5.35. The molecule has 0 saturated carbocycles. The van der Waals surface area contributed by atoms with E-state index in [0.717, 1.165) is 63.0 Å². The SMILES string of the molecule is CCS(=O)(=O)c1ccc(-c2sc3cc(OCc4ccccc4)ccc3c2Oc2ccc(OCCN3CCCCC3)cc2)cc1. The largest absolute Gasteiger partial charge is 0.492 e. The van der Waals surface area contributed by atoms with Gasteiger partial charge >= 0.3 is 0 Å². The van der Waals surface area contributed by atoms with Gasteiger partial charge < -0.3 is 14.2 Å². The van der Waals surface area contributed by atoms with Crippen LogP contribution < -0.4 is 14.2 Å². The van der Waals surface area contributed by atoms with Crippen molar-refractivity contribution in [1.29, 1.82) is 0 Å². The van der Waals surface area contributed by atoms with E-state index in [0.29, 0.717) is 23.9 Å². The normalized spacial score (nSPS) is 14.0. The molecule has 4 aromatic carbocycles. The molecule has 1 aliphatic heterocycles. The molecule has 5 aromatic rings. The molecule has 228 valence electrons. The first kappa shape index (κ1) is 30.2. The van der Waals surface area contributed by atoms with Crippen LogP contribution in [-0.2, 0) is 16.4 Å². The zero-order valence-electron chi connectivity index (χ0n) is 24.9. The minimum Gasteiger partial charge on any atom is -0.492 e. The molecule has 0 bridgehead atoms. The van der Waals surface area contributed by atoms with Gasteiger partial charge in [-0.3, -0.25) is 4.90 Å². The second-order valence-corrected chi connectivity index (χ2v) is 14.3. The lowest BCUT2D eigenvalue weighted by molar-refractivity contribution is 0.183. The highest BCUT2D eigenvalue weighted by Crippen LogP contribution is 2.47. The number of fused-ring (bicyclic) bond motifs is 1. The molecular weight excluding hydrogens is 591 g/mol. The van der Waals surface area contributed by atoms with Crippen LogP contribution in [0.5, 0.6) is 23.0 Å². The number of piperidine rings is 1. The van der Waals surface area contributed by atoms with Crippen molar-refractivity contribution in [3.8, 4) is 33.4 Å². The molecule has 0 unspecified atom stereocenters. The Hall–Kier alpha value is -3.85. The van der Waals surface area contributed by atoms with Crippen LogP contribution in [0, 0.1) is 0 Å². The summed E-state index contributed by atoms with van der Waals surface area (Å²) in [5.74, 6) is 3.08. The number of nitrogens with zero attached hydrogens (tertiary/aromatic N) is 1. The van der Waals surface area contributed by atoms with E-state index in [4.69, 9.17) is 14.2 Å². The van der Waals surface area contributed by atoms with Gasteiger partial charge in [0.05, 0.1) is 15.5 Å². The predicted molar refractivity (Wildman–Crippen MR) is 178 cm³/mol. The van der Waals surface area contributed by atoms with Gasteiger partial charge in [-0.2, -0.15) is 0 Å². The first-order chi connectivity index (χ1) is 21.5. The van der Waals surface area contributed by atoms with Crippen LogP contribution in [0.1, 0.15) is 31.7 Å². The third kappa shape index (κ3) is 7.26. The number of hydrogen-bond donors (Lipinski definition) is 0. The van der Waals surface area contributed by atoms with Crippen LogP contribution in [0.3, 0.4) is 0 Å². The lowest BCUT2D eigenvalue weighted by Gasteiger charge is -2.26. The molecule has 0 aliphatic carbocycles. The number of sulfone groups is 1. The first-order valence-corrected chi connectivity index (χ1v) is 17.6. The van der Waals surface area contributed by atoms with Gasteiger partial charge in [-0.25, -0.2) is 8.42 Å². The van der Waals surface area contributed by atoms with Crippen molar-refractivity contribution in [2.75, 3.05) is 32.0 Å². The summed E-state index contributed by atoms with van der Waals surface area (Å²) in [4.78, 5) is 3.70. The van der Waals surface area contributed by atoms with E-state index in [2.05, 4.69) is 4.90 Å². The smallest absolute Gasteiger partial charge is 0.178 e. The predicted octanol–water partition coefficient (Wildman–Crippen LogP) is 8.60. The average Bonchev–Trinajstić information content (AvgIpc) is 3.43. The Bertz CT molecular complexity index is 1780. The van der Waals surface area contributed by atoms with Crippen molar-refractivity contribution in [3.63, 3.8) is 0 Å². The maximum atomic E-state index is 12.4. The van der Waals surface area contributed by atoms with E-state index in [9.17, 15) is 8.42 Å². The average molecular weight is 628 g/mol. The van der Waals surface area contributed by atoms with Gasteiger partial charge in [-0.1, -0.05) is 55.8 Å². The van der Waals surface area contributed by atoms with Crippen molar-refractivity contribution in [1.82, 2.24) is 4.90 Å². The molecule has 1 aliphatic rings. The van der Waals surface area contributed by atoms with Crippen LogP contribution in [0.4, 0.5) is 0 Å². The van der Waals surface area contributed by atoms with Crippen molar-refractivity contribution in [2.45, 2.75) is 37.7 Å². The topological polar surface area (TPSA) is 65.1 Å². The first-order valence-electron chi connectivity index (χ1n) is 15.2. The maximum absolute atomic E-state index is 12.4. The molecule has 1 fully saturated rings. The summed E-state index contributed by atoms with van der Waals surface area (Å²) in [6.07, 6.45) is 3.87.